The van der Waals surface area contributed by atoms with Crippen molar-refractivity contribution in [1.29, 1.82) is 0 Å². The van der Waals surface area contributed by atoms with Gasteiger partial charge < -0.3 is 25.4 Å². The molecule has 0 aromatic carbocycles. The van der Waals surface area contributed by atoms with Crippen molar-refractivity contribution in [2.45, 2.75) is 37.8 Å². The molecule has 0 radical (unpaired) electrons. The molecule has 158 valence electrons. The van der Waals surface area contributed by atoms with Gasteiger partial charge in [-0.2, -0.15) is 0 Å². The first-order chi connectivity index (χ1) is 14.1. The highest BCUT2D eigenvalue weighted by atomic mass is 32.1. The summed E-state index contributed by atoms with van der Waals surface area (Å²) in [6, 6.07) is 5.51. The van der Waals surface area contributed by atoms with Crippen molar-refractivity contribution in [2.75, 3.05) is 26.2 Å². The maximum absolute atomic E-state index is 12.1. The Morgan fingerprint density at radius 3 is 3.00 bits per heavy atom. The monoisotopic (exact) mass is 422 g/mol. The van der Waals surface area contributed by atoms with Crippen molar-refractivity contribution in [3.05, 3.63) is 29.3 Å². The summed E-state index contributed by atoms with van der Waals surface area (Å²) in [5.74, 6) is 0.351. The number of hydrogen-bond donors (Lipinski definition) is 3. The predicted molar refractivity (Wildman–Crippen MR) is 108 cm³/mol. The first-order valence-electron chi connectivity index (χ1n) is 9.68. The number of thiophene rings is 1. The minimum atomic E-state index is -0.775. The van der Waals surface area contributed by atoms with Crippen molar-refractivity contribution in [2.24, 2.45) is 5.73 Å². The van der Waals surface area contributed by atoms with E-state index in [1.165, 1.54) is 11.3 Å². The molecule has 0 saturated carbocycles. The van der Waals surface area contributed by atoms with E-state index in [-0.39, 0.29) is 30.4 Å². The summed E-state index contributed by atoms with van der Waals surface area (Å²) in [6.07, 6.45) is 2.29. The van der Waals surface area contributed by atoms with Gasteiger partial charge in [-0.15, -0.1) is 11.3 Å². The third kappa shape index (κ3) is 5.78. The predicted octanol–water partition coefficient (Wildman–Crippen LogP) is 1.83. The number of aromatic nitrogens is 1. The molecule has 0 bridgehead atoms. The maximum atomic E-state index is 12.1. The van der Waals surface area contributed by atoms with Gasteiger partial charge in [0.05, 0.1) is 10.9 Å². The lowest BCUT2D eigenvalue weighted by atomic mass is 9.95. The Morgan fingerprint density at radius 1 is 1.41 bits per heavy atom. The van der Waals surface area contributed by atoms with Gasteiger partial charge in [0.2, 0.25) is 0 Å². The standard InChI is InChI=1S/C19H26N4O5S/c20-19(26)27-16-12-23(14(16)6-9-24)8-3-1-2-7-21-18(25)13-11-15(28-22-13)17-5-4-10-29-17/h4-5,10-11,14,16,24H,1-3,6-9,12H2,(H2,20,26)(H,21,25). The fourth-order valence-electron chi connectivity index (χ4n) is 3.43. The number of unbranched alkanes of at least 4 members (excludes halogenated alkanes) is 2. The molecule has 2 aromatic heterocycles. The van der Waals surface area contributed by atoms with Crippen molar-refractivity contribution in [1.82, 2.24) is 15.4 Å². The van der Waals surface area contributed by atoms with Crippen LogP contribution < -0.4 is 11.1 Å². The van der Waals surface area contributed by atoms with Gasteiger partial charge in [0.1, 0.15) is 6.10 Å². The Balaban J connectivity index is 1.30. The molecule has 1 aliphatic rings. The maximum Gasteiger partial charge on any atom is 0.404 e. The molecule has 1 fully saturated rings. The molecule has 9 nitrogen and oxygen atoms in total. The summed E-state index contributed by atoms with van der Waals surface area (Å²) in [5.41, 5.74) is 5.35. The van der Waals surface area contributed by atoms with Crippen LogP contribution in [0.4, 0.5) is 4.79 Å². The number of carbonyl (C=O) groups excluding carboxylic acids is 2. The number of rotatable bonds is 11. The third-order valence-electron chi connectivity index (χ3n) is 4.92. The van der Waals surface area contributed by atoms with Gasteiger partial charge in [-0.05, 0) is 37.3 Å². The minimum Gasteiger partial charge on any atom is -0.443 e. The number of carbonyl (C=O) groups is 2. The number of nitrogens with zero attached hydrogens (tertiary/aromatic N) is 2. The first kappa shape index (κ1) is 21.3. The van der Waals surface area contributed by atoms with Gasteiger partial charge in [-0.1, -0.05) is 17.6 Å². The number of aliphatic hydroxyl groups excluding tert-OH is 1. The lowest BCUT2D eigenvalue weighted by Crippen LogP contribution is -2.62. The normalized spacial score (nSPS) is 18.9. The Bertz CT molecular complexity index is 794. The molecule has 2 aromatic rings. The molecule has 0 spiro atoms. The van der Waals surface area contributed by atoms with E-state index in [1.807, 2.05) is 17.5 Å². The van der Waals surface area contributed by atoms with E-state index < -0.39 is 6.09 Å². The molecule has 2 unspecified atom stereocenters. The molecule has 1 saturated heterocycles. The van der Waals surface area contributed by atoms with Crippen LogP contribution in [0.1, 0.15) is 36.2 Å². The first-order valence-corrected chi connectivity index (χ1v) is 10.6. The van der Waals surface area contributed by atoms with Gasteiger partial charge in [0.25, 0.3) is 5.91 Å². The average molecular weight is 423 g/mol. The number of ether oxygens (including phenoxy) is 1. The highest BCUT2D eigenvalue weighted by Crippen LogP contribution is 2.25. The number of nitrogens with two attached hydrogens (primary N) is 1. The summed E-state index contributed by atoms with van der Waals surface area (Å²) >= 11 is 1.53. The van der Waals surface area contributed by atoms with Crippen LogP contribution in [-0.2, 0) is 4.74 Å². The van der Waals surface area contributed by atoms with Crippen molar-refractivity contribution in [3.8, 4) is 10.6 Å². The molecule has 10 heteroatoms. The van der Waals surface area contributed by atoms with E-state index in [4.69, 9.17) is 20.1 Å². The molecule has 3 heterocycles. The average Bonchev–Trinajstić information content (AvgIpc) is 3.38. The second-order valence-electron chi connectivity index (χ2n) is 6.92. The number of amides is 2. The number of hydrogen-bond acceptors (Lipinski definition) is 8. The van der Waals surface area contributed by atoms with Crippen LogP contribution in [0.15, 0.2) is 28.1 Å². The Labute approximate surface area is 172 Å². The second kappa shape index (κ2) is 10.4. The van der Waals surface area contributed by atoms with E-state index in [0.29, 0.717) is 25.3 Å². The summed E-state index contributed by atoms with van der Waals surface area (Å²) in [4.78, 5) is 26.2. The van der Waals surface area contributed by atoms with E-state index in [9.17, 15) is 9.59 Å². The van der Waals surface area contributed by atoms with Gasteiger partial charge >= 0.3 is 6.09 Å². The van der Waals surface area contributed by atoms with E-state index in [2.05, 4.69) is 15.4 Å². The number of nitrogens with one attached hydrogen (secondary N) is 1. The topological polar surface area (TPSA) is 131 Å². The summed E-state index contributed by atoms with van der Waals surface area (Å²) in [7, 11) is 0. The number of primary amides is 1. The highest BCUT2D eigenvalue weighted by Gasteiger charge is 2.40. The van der Waals surface area contributed by atoms with Crippen LogP contribution in [0.3, 0.4) is 0 Å². The summed E-state index contributed by atoms with van der Waals surface area (Å²) in [5, 5.41) is 17.8. The second-order valence-corrected chi connectivity index (χ2v) is 7.87. The fourth-order valence-corrected chi connectivity index (χ4v) is 4.11. The fraction of sp³-hybridized carbons (Fsp3) is 0.526. The van der Waals surface area contributed by atoms with Crippen LogP contribution in [0.25, 0.3) is 10.6 Å². The molecule has 2 atom stereocenters. The van der Waals surface area contributed by atoms with Gasteiger partial charge in [0, 0.05) is 25.8 Å². The highest BCUT2D eigenvalue weighted by molar-refractivity contribution is 7.13. The summed E-state index contributed by atoms with van der Waals surface area (Å²) < 4.78 is 10.3. The zero-order valence-corrected chi connectivity index (χ0v) is 16.9. The smallest absolute Gasteiger partial charge is 0.404 e. The molecule has 1 aliphatic heterocycles. The van der Waals surface area contributed by atoms with E-state index in [0.717, 1.165) is 30.7 Å². The van der Waals surface area contributed by atoms with Crippen LogP contribution in [0.5, 0.6) is 0 Å². The van der Waals surface area contributed by atoms with Crippen molar-refractivity contribution >= 4 is 23.3 Å². The number of likely N-dealkylation sites (tertiary alicyclic amines) is 1. The molecule has 3 rings (SSSR count). The zero-order chi connectivity index (χ0) is 20.6. The summed E-state index contributed by atoms with van der Waals surface area (Å²) in [6.45, 7) is 2.10. The molecular formula is C19H26N4O5S. The van der Waals surface area contributed by atoms with Crippen molar-refractivity contribution in [3.63, 3.8) is 0 Å². The zero-order valence-electron chi connectivity index (χ0n) is 16.1. The lowest BCUT2D eigenvalue weighted by Gasteiger charge is -2.46. The van der Waals surface area contributed by atoms with Crippen LogP contribution >= 0.6 is 11.3 Å². The van der Waals surface area contributed by atoms with E-state index in [1.54, 1.807) is 6.07 Å². The van der Waals surface area contributed by atoms with Gasteiger partial charge in [0.15, 0.2) is 11.5 Å². The third-order valence-corrected chi connectivity index (χ3v) is 5.80. The molecular weight excluding hydrogens is 396 g/mol. The Hall–Kier alpha value is -2.43. The molecule has 2 amide bonds. The Kier molecular flexibility index (Phi) is 7.62. The quantitative estimate of drug-likeness (QED) is 0.471. The van der Waals surface area contributed by atoms with Gasteiger partial charge in [-0.3, -0.25) is 9.69 Å². The van der Waals surface area contributed by atoms with Crippen LogP contribution in [0, 0.1) is 0 Å². The molecule has 29 heavy (non-hydrogen) atoms. The lowest BCUT2D eigenvalue weighted by molar-refractivity contribution is -0.0739. The van der Waals surface area contributed by atoms with Crippen molar-refractivity contribution < 1.29 is 24.0 Å². The van der Waals surface area contributed by atoms with E-state index >= 15 is 0 Å². The SMILES string of the molecule is NC(=O)OC1CN(CCCCCNC(=O)c2cc(-c3cccs3)on2)C1CCO. The molecule has 4 N–H and O–H groups in total. The molecule has 0 aliphatic carbocycles. The Morgan fingerprint density at radius 2 is 2.28 bits per heavy atom. The number of aliphatic hydroxyl groups is 1. The van der Waals surface area contributed by atoms with Gasteiger partial charge in [-0.25, -0.2) is 4.79 Å². The van der Waals surface area contributed by atoms with Crippen LogP contribution in [-0.4, -0.2) is 65.6 Å². The minimum absolute atomic E-state index is 0.0249. The van der Waals surface area contributed by atoms with Crippen LogP contribution in [0.2, 0.25) is 0 Å². The largest absolute Gasteiger partial charge is 0.443 e.